The lowest BCUT2D eigenvalue weighted by molar-refractivity contribution is 0.152. The molecule has 0 radical (unpaired) electrons. The molecular formula is C13H25BrN2. The zero-order chi connectivity index (χ0) is 11.4. The zero-order valence-electron chi connectivity index (χ0n) is 10.5. The van der Waals surface area contributed by atoms with Crippen LogP contribution in [-0.4, -0.2) is 53.9 Å². The fourth-order valence-electron chi connectivity index (χ4n) is 3.19. The van der Waals surface area contributed by atoms with Gasteiger partial charge in [-0.1, -0.05) is 22.4 Å². The van der Waals surface area contributed by atoms with Crippen molar-refractivity contribution >= 4 is 15.9 Å². The number of halogens is 1. The van der Waals surface area contributed by atoms with E-state index in [1.807, 2.05) is 0 Å². The van der Waals surface area contributed by atoms with Crippen molar-refractivity contribution in [2.24, 2.45) is 0 Å². The number of nitrogens with zero attached hydrogens (tertiary/aromatic N) is 2. The second-order valence-electron chi connectivity index (χ2n) is 5.41. The standard InChI is InChI=1S/C13H25BrN2/c1-15-8-3-2-5-12(15)7-10-16-9-4-6-13(16)11-14/h12-13H,2-11H2,1H3. The van der Waals surface area contributed by atoms with Gasteiger partial charge >= 0.3 is 0 Å². The molecule has 0 spiro atoms. The van der Waals surface area contributed by atoms with Crippen LogP contribution >= 0.6 is 15.9 Å². The SMILES string of the molecule is CN1CCCCC1CCN1CCCC1CBr. The maximum Gasteiger partial charge on any atom is 0.0193 e. The number of hydrogen-bond donors (Lipinski definition) is 0. The molecule has 2 fully saturated rings. The van der Waals surface area contributed by atoms with E-state index < -0.39 is 0 Å². The van der Waals surface area contributed by atoms with Crippen molar-refractivity contribution in [2.45, 2.75) is 50.6 Å². The molecular weight excluding hydrogens is 264 g/mol. The first-order valence-electron chi connectivity index (χ1n) is 6.81. The Morgan fingerprint density at radius 2 is 1.88 bits per heavy atom. The molecule has 2 saturated heterocycles. The second-order valence-corrected chi connectivity index (χ2v) is 6.05. The summed E-state index contributed by atoms with van der Waals surface area (Å²) in [6.45, 7) is 3.95. The van der Waals surface area contributed by atoms with Gasteiger partial charge in [-0.15, -0.1) is 0 Å². The summed E-state index contributed by atoms with van der Waals surface area (Å²) in [5.74, 6) is 0. The molecule has 0 amide bonds. The lowest BCUT2D eigenvalue weighted by Crippen LogP contribution is -2.40. The fraction of sp³-hybridized carbons (Fsp3) is 1.00. The summed E-state index contributed by atoms with van der Waals surface area (Å²) in [6, 6.07) is 1.67. The summed E-state index contributed by atoms with van der Waals surface area (Å²) >= 11 is 3.64. The lowest BCUT2D eigenvalue weighted by Gasteiger charge is -2.34. The van der Waals surface area contributed by atoms with E-state index >= 15 is 0 Å². The molecule has 0 N–H and O–H groups in total. The van der Waals surface area contributed by atoms with Crippen LogP contribution in [0.1, 0.15) is 38.5 Å². The molecule has 2 rings (SSSR count). The number of alkyl halides is 1. The predicted octanol–water partition coefficient (Wildman–Crippen LogP) is 2.72. The Bertz CT molecular complexity index is 208. The van der Waals surface area contributed by atoms with E-state index in [2.05, 4.69) is 32.8 Å². The van der Waals surface area contributed by atoms with Crippen LogP contribution in [-0.2, 0) is 0 Å². The van der Waals surface area contributed by atoms with E-state index in [9.17, 15) is 0 Å². The summed E-state index contributed by atoms with van der Waals surface area (Å²) in [5, 5.41) is 1.16. The Kier molecular flexibility index (Phi) is 5.11. The van der Waals surface area contributed by atoms with Crippen LogP contribution in [0.4, 0.5) is 0 Å². The normalized spacial score (nSPS) is 33.4. The molecule has 2 unspecified atom stereocenters. The number of hydrogen-bond acceptors (Lipinski definition) is 2. The number of rotatable bonds is 4. The van der Waals surface area contributed by atoms with Gasteiger partial charge in [-0.2, -0.15) is 0 Å². The van der Waals surface area contributed by atoms with E-state index in [0.29, 0.717) is 0 Å². The largest absolute Gasteiger partial charge is 0.303 e. The average Bonchev–Trinajstić information content (AvgIpc) is 2.75. The van der Waals surface area contributed by atoms with Crippen molar-refractivity contribution in [1.29, 1.82) is 0 Å². The highest BCUT2D eigenvalue weighted by Crippen LogP contribution is 2.22. The quantitative estimate of drug-likeness (QED) is 0.734. The number of piperidine rings is 1. The first-order chi connectivity index (χ1) is 7.81. The van der Waals surface area contributed by atoms with Crippen LogP contribution in [0.5, 0.6) is 0 Å². The maximum absolute atomic E-state index is 3.64. The molecule has 3 heteroatoms. The first-order valence-corrected chi connectivity index (χ1v) is 7.93. The Morgan fingerprint density at radius 3 is 2.62 bits per heavy atom. The number of likely N-dealkylation sites (tertiary alicyclic amines) is 2. The molecule has 0 bridgehead atoms. The zero-order valence-corrected chi connectivity index (χ0v) is 12.1. The molecule has 2 nitrogen and oxygen atoms in total. The van der Waals surface area contributed by atoms with Gasteiger partial charge in [0, 0.05) is 17.4 Å². The van der Waals surface area contributed by atoms with Crippen molar-refractivity contribution in [3.8, 4) is 0 Å². The van der Waals surface area contributed by atoms with Crippen LogP contribution in [0.2, 0.25) is 0 Å². The first kappa shape index (κ1) is 12.8. The molecule has 0 aromatic rings. The molecule has 0 aromatic heterocycles. The maximum atomic E-state index is 3.64. The van der Waals surface area contributed by atoms with Gasteiger partial charge in [0.1, 0.15) is 0 Å². The summed E-state index contributed by atoms with van der Waals surface area (Å²) in [5.41, 5.74) is 0. The minimum Gasteiger partial charge on any atom is -0.303 e. The minimum atomic E-state index is 0.814. The van der Waals surface area contributed by atoms with E-state index in [1.165, 1.54) is 58.2 Å². The molecule has 0 saturated carbocycles. The summed E-state index contributed by atoms with van der Waals surface area (Å²) < 4.78 is 0. The van der Waals surface area contributed by atoms with Gasteiger partial charge in [0.15, 0.2) is 0 Å². The van der Waals surface area contributed by atoms with Gasteiger partial charge in [0.05, 0.1) is 0 Å². The van der Waals surface area contributed by atoms with E-state index in [-0.39, 0.29) is 0 Å². The van der Waals surface area contributed by atoms with Gasteiger partial charge in [0.25, 0.3) is 0 Å². The van der Waals surface area contributed by atoms with E-state index in [4.69, 9.17) is 0 Å². The third-order valence-electron chi connectivity index (χ3n) is 4.35. The molecule has 2 aliphatic rings. The summed E-state index contributed by atoms with van der Waals surface area (Å²) in [6.07, 6.45) is 8.43. The minimum absolute atomic E-state index is 0.814. The van der Waals surface area contributed by atoms with Crippen molar-refractivity contribution < 1.29 is 0 Å². The lowest BCUT2D eigenvalue weighted by atomic mass is 10.00. The Balaban J connectivity index is 1.73. The Hall–Kier alpha value is 0.400. The smallest absolute Gasteiger partial charge is 0.0193 e. The Morgan fingerprint density at radius 1 is 1.06 bits per heavy atom. The van der Waals surface area contributed by atoms with Crippen LogP contribution in [0.25, 0.3) is 0 Å². The fourth-order valence-corrected chi connectivity index (χ4v) is 3.92. The third kappa shape index (κ3) is 3.21. The van der Waals surface area contributed by atoms with Crippen molar-refractivity contribution in [3.05, 3.63) is 0 Å². The molecule has 0 aromatic carbocycles. The van der Waals surface area contributed by atoms with Crippen LogP contribution < -0.4 is 0 Å². The van der Waals surface area contributed by atoms with Crippen LogP contribution in [0.15, 0.2) is 0 Å². The van der Waals surface area contributed by atoms with Crippen molar-refractivity contribution in [2.75, 3.05) is 32.0 Å². The third-order valence-corrected chi connectivity index (χ3v) is 5.10. The van der Waals surface area contributed by atoms with E-state index in [1.54, 1.807) is 0 Å². The van der Waals surface area contributed by atoms with Crippen LogP contribution in [0, 0.1) is 0 Å². The second kappa shape index (κ2) is 6.36. The molecule has 94 valence electrons. The highest BCUT2D eigenvalue weighted by Gasteiger charge is 2.25. The van der Waals surface area contributed by atoms with Gasteiger partial charge < -0.3 is 4.90 Å². The van der Waals surface area contributed by atoms with Gasteiger partial charge in [0.2, 0.25) is 0 Å². The van der Waals surface area contributed by atoms with Crippen molar-refractivity contribution in [3.63, 3.8) is 0 Å². The van der Waals surface area contributed by atoms with E-state index in [0.717, 1.165) is 17.4 Å². The molecule has 2 heterocycles. The van der Waals surface area contributed by atoms with Gasteiger partial charge in [-0.25, -0.2) is 0 Å². The summed E-state index contributed by atoms with van der Waals surface area (Å²) in [7, 11) is 2.30. The van der Waals surface area contributed by atoms with Crippen LogP contribution in [0.3, 0.4) is 0 Å². The molecule has 2 atom stereocenters. The van der Waals surface area contributed by atoms with Crippen molar-refractivity contribution in [1.82, 2.24) is 9.80 Å². The molecule has 2 aliphatic heterocycles. The topological polar surface area (TPSA) is 6.48 Å². The highest BCUT2D eigenvalue weighted by molar-refractivity contribution is 9.09. The highest BCUT2D eigenvalue weighted by atomic mass is 79.9. The summed E-state index contributed by atoms with van der Waals surface area (Å²) in [4.78, 5) is 5.26. The average molecular weight is 289 g/mol. The van der Waals surface area contributed by atoms with Gasteiger partial charge in [-0.05, 0) is 58.8 Å². The Labute approximate surface area is 108 Å². The van der Waals surface area contributed by atoms with Gasteiger partial charge in [-0.3, -0.25) is 4.90 Å². The predicted molar refractivity (Wildman–Crippen MR) is 73.3 cm³/mol. The molecule has 16 heavy (non-hydrogen) atoms. The molecule has 0 aliphatic carbocycles. The monoisotopic (exact) mass is 288 g/mol.